The highest BCUT2D eigenvalue weighted by Crippen LogP contribution is 2.16. The summed E-state index contributed by atoms with van der Waals surface area (Å²) in [6, 6.07) is 6.67. The summed E-state index contributed by atoms with van der Waals surface area (Å²) in [6.45, 7) is -0.478. The Kier molecular flexibility index (Phi) is 7.91. The first kappa shape index (κ1) is 25.3. The largest absolute Gasteiger partial charge is 0.341 e. The van der Waals surface area contributed by atoms with Crippen molar-refractivity contribution in [2.75, 3.05) is 23.7 Å². The molecule has 16 nitrogen and oxygen atoms in total. The van der Waals surface area contributed by atoms with Crippen LogP contribution in [0.1, 0.15) is 0 Å². The summed E-state index contributed by atoms with van der Waals surface area (Å²) < 4.78 is 0. The maximum atomic E-state index is 12.3. The van der Waals surface area contributed by atoms with Gasteiger partial charge in [0, 0.05) is 48.7 Å². The Morgan fingerprint density at radius 2 is 1.03 bits per heavy atom. The normalized spacial score (nSPS) is 16.7. The van der Waals surface area contributed by atoms with Gasteiger partial charge >= 0.3 is 12.1 Å². The fraction of sp³-hybridized carbons (Fsp3) is 0.200. The second-order valence-corrected chi connectivity index (χ2v) is 7.40. The first-order valence-electron chi connectivity index (χ1n) is 10.3. The van der Waals surface area contributed by atoms with E-state index in [0.717, 1.165) is 0 Å². The van der Waals surface area contributed by atoms with Gasteiger partial charge in [0.1, 0.15) is 12.1 Å². The summed E-state index contributed by atoms with van der Waals surface area (Å²) in [5.74, 6) is -1.18. The van der Waals surface area contributed by atoms with Crippen LogP contribution in [0.4, 0.5) is 32.3 Å². The van der Waals surface area contributed by atoms with Gasteiger partial charge in [-0.3, -0.25) is 29.8 Å². The fourth-order valence-electron chi connectivity index (χ4n) is 3.04. The van der Waals surface area contributed by atoms with E-state index in [-0.39, 0.29) is 35.8 Å². The summed E-state index contributed by atoms with van der Waals surface area (Å²) in [4.78, 5) is 68.8. The molecule has 2 aromatic carbocycles. The molecule has 1 heterocycles. The molecule has 16 heteroatoms. The summed E-state index contributed by atoms with van der Waals surface area (Å²) in [7, 11) is 0. The van der Waals surface area contributed by atoms with Gasteiger partial charge in [0.25, 0.3) is 11.4 Å². The number of piperazine rings is 1. The van der Waals surface area contributed by atoms with E-state index in [1.165, 1.54) is 48.5 Å². The van der Waals surface area contributed by atoms with Crippen molar-refractivity contribution in [1.29, 1.82) is 0 Å². The molecular formula is C20H20N8O8. The fourth-order valence-corrected chi connectivity index (χ4v) is 3.04. The van der Waals surface area contributed by atoms with E-state index in [4.69, 9.17) is 0 Å². The first-order chi connectivity index (χ1) is 17.1. The minimum Gasteiger partial charge on any atom is -0.341 e. The molecule has 0 saturated carbocycles. The van der Waals surface area contributed by atoms with Gasteiger partial charge in [0.15, 0.2) is 0 Å². The molecule has 0 aromatic heterocycles. The average Bonchev–Trinajstić information content (AvgIpc) is 2.84. The van der Waals surface area contributed by atoms with Gasteiger partial charge in [-0.15, -0.1) is 0 Å². The van der Waals surface area contributed by atoms with E-state index in [0.29, 0.717) is 0 Å². The van der Waals surface area contributed by atoms with Crippen LogP contribution in [0.15, 0.2) is 48.5 Å². The maximum Gasteiger partial charge on any atom is 0.319 e. The molecule has 2 aromatic rings. The summed E-state index contributed by atoms with van der Waals surface area (Å²) in [5, 5.41) is 35.9. The van der Waals surface area contributed by atoms with Crippen LogP contribution in [0.2, 0.25) is 0 Å². The SMILES string of the molecule is O=C(NCC1NC(=O)C(CNC(=O)Nc2ccc([N+](=O)[O-])cc2)NC1=O)Nc1ccc([N+](=O)[O-])cc1. The number of non-ortho nitro benzene ring substituents is 2. The number of urea groups is 2. The van der Waals surface area contributed by atoms with Crippen molar-refractivity contribution in [3.8, 4) is 0 Å². The van der Waals surface area contributed by atoms with Gasteiger partial charge in [-0.2, -0.15) is 0 Å². The predicted molar refractivity (Wildman–Crippen MR) is 124 cm³/mol. The minimum atomic E-state index is -1.06. The number of carbonyl (C=O) groups is 4. The van der Waals surface area contributed by atoms with Crippen molar-refractivity contribution in [2.24, 2.45) is 0 Å². The third-order valence-corrected chi connectivity index (χ3v) is 4.87. The Morgan fingerprint density at radius 3 is 1.33 bits per heavy atom. The average molecular weight is 500 g/mol. The van der Waals surface area contributed by atoms with Crippen molar-refractivity contribution in [3.05, 3.63) is 68.8 Å². The number of carbonyl (C=O) groups excluding carboxylic acids is 4. The highest BCUT2D eigenvalue weighted by Gasteiger charge is 2.33. The van der Waals surface area contributed by atoms with Crippen LogP contribution in [0.25, 0.3) is 0 Å². The van der Waals surface area contributed by atoms with Crippen LogP contribution in [-0.2, 0) is 9.59 Å². The molecular weight excluding hydrogens is 480 g/mol. The molecule has 2 atom stereocenters. The van der Waals surface area contributed by atoms with Crippen molar-refractivity contribution in [3.63, 3.8) is 0 Å². The van der Waals surface area contributed by atoms with Crippen molar-refractivity contribution < 1.29 is 29.0 Å². The number of nitrogens with zero attached hydrogens (tertiary/aromatic N) is 2. The van der Waals surface area contributed by atoms with Crippen LogP contribution in [-0.4, -0.2) is 58.9 Å². The van der Waals surface area contributed by atoms with Crippen LogP contribution >= 0.6 is 0 Å². The van der Waals surface area contributed by atoms with Crippen LogP contribution in [0.5, 0.6) is 0 Å². The zero-order chi connectivity index (χ0) is 26.2. The zero-order valence-electron chi connectivity index (χ0n) is 18.3. The Hall–Kier alpha value is -5.28. The second kappa shape index (κ2) is 11.2. The molecule has 6 N–H and O–H groups in total. The second-order valence-electron chi connectivity index (χ2n) is 7.40. The Morgan fingerprint density at radius 1 is 0.694 bits per heavy atom. The van der Waals surface area contributed by atoms with Gasteiger partial charge in [0.05, 0.1) is 9.85 Å². The molecule has 188 valence electrons. The molecule has 1 fully saturated rings. The third-order valence-electron chi connectivity index (χ3n) is 4.87. The number of amides is 6. The van der Waals surface area contributed by atoms with Crippen LogP contribution in [0, 0.1) is 20.2 Å². The number of anilines is 2. The number of nitro groups is 2. The smallest absolute Gasteiger partial charge is 0.319 e. The number of hydrogen-bond donors (Lipinski definition) is 6. The molecule has 36 heavy (non-hydrogen) atoms. The number of nitro benzene ring substituents is 2. The third kappa shape index (κ3) is 6.86. The number of hydrogen-bond acceptors (Lipinski definition) is 8. The highest BCUT2D eigenvalue weighted by atomic mass is 16.6. The topological polar surface area (TPSA) is 227 Å². The van der Waals surface area contributed by atoms with E-state index in [2.05, 4.69) is 31.9 Å². The summed E-state index contributed by atoms with van der Waals surface area (Å²) >= 11 is 0. The quantitative estimate of drug-likeness (QED) is 0.219. The van der Waals surface area contributed by atoms with Crippen LogP contribution < -0.4 is 31.9 Å². The van der Waals surface area contributed by atoms with Crippen molar-refractivity contribution in [2.45, 2.75) is 12.1 Å². The highest BCUT2D eigenvalue weighted by molar-refractivity contribution is 5.98. The lowest BCUT2D eigenvalue weighted by molar-refractivity contribution is -0.385. The molecule has 1 aliphatic rings. The first-order valence-corrected chi connectivity index (χ1v) is 10.3. The molecule has 1 saturated heterocycles. The van der Waals surface area contributed by atoms with E-state index in [1.54, 1.807) is 0 Å². The van der Waals surface area contributed by atoms with Crippen LogP contribution in [0.3, 0.4) is 0 Å². The Bertz CT molecular complexity index is 1090. The Labute approximate surface area is 202 Å². The van der Waals surface area contributed by atoms with Gasteiger partial charge in [-0.25, -0.2) is 9.59 Å². The van der Waals surface area contributed by atoms with E-state index in [1.807, 2.05) is 0 Å². The molecule has 2 unspecified atom stereocenters. The van der Waals surface area contributed by atoms with E-state index >= 15 is 0 Å². The Balaban J connectivity index is 1.41. The van der Waals surface area contributed by atoms with Crippen molar-refractivity contribution in [1.82, 2.24) is 21.3 Å². The maximum absolute atomic E-state index is 12.3. The molecule has 0 spiro atoms. The minimum absolute atomic E-state index is 0.143. The monoisotopic (exact) mass is 500 g/mol. The molecule has 6 amide bonds. The zero-order valence-corrected chi connectivity index (χ0v) is 18.3. The summed E-state index contributed by atoms with van der Waals surface area (Å²) in [5.41, 5.74) is 0.285. The summed E-state index contributed by atoms with van der Waals surface area (Å²) in [6.07, 6.45) is 0. The lowest BCUT2D eigenvalue weighted by atomic mass is 10.1. The predicted octanol–water partition coefficient (Wildman–Crippen LogP) is 0.429. The van der Waals surface area contributed by atoms with Crippen molar-refractivity contribution >= 4 is 46.6 Å². The molecule has 0 radical (unpaired) electrons. The number of nitrogens with one attached hydrogen (secondary N) is 6. The molecule has 3 rings (SSSR count). The number of benzene rings is 2. The molecule has 0 bridgehead atoms. The van der Waals surface area contributed by atoms with Gasteiger partial charge in [-0.05, 0) is 24.3 Å². The lowest BCUT2D eigenvalue weighted by Gasteiger charge is -2.29. The molecule has 1 aliphatic heterocycles. The van der Waals surface area contributed by atoms with Gasteiger partial charge in [-0.1, -0.05) is 0 Å². The standard InChI is InChI=1S/C20H20N8O8/c29-17-15(9-21-19(31)23-11-1-5-13(6-2-11)27(33)34)25-18(30)16(26-17)10-22-20(32)24-12-3-7-14(8-4-12)28(35)36/h1-8,15-16H,9-10H2,(H,25,30)(H,26,29)(H2,21,23,31)(H2,22,24,32). The van der Waals surface area contributed by atoms with E-state index < -0.39 is 45.8 Å². The molecule has 0 aliphatic carbocycles. The van der Waals surface area contributed by atoms with E-state index in [9.17, 15) is 39.4 Å². The van der Waals surface area contributed by atoms with Gasteiger partial charge in [0.2, 0.25) is 11.8 Å². The number of rotatable bonds is 8. The van der Waals surface area contributed by atoms with Gasteiger partial charge < -0.3 is 31.9 Å². The lowest BCUT2D eigenvalue weighted by Crippen LogP contribution is -2.66.